The lowest BCUT2D eigenvalue weighted by Gasteiger charge is -2.30. The second-order valence-corrected chi connectivity index (χ2v) is 10.0. The Balaban J connectivity index is 1.70. The third-order valence-corrected chi connectivity index (χ3v) is 6.55. The molecule has 2 aliphatic heterocycles. The molecule has 2 unspecified atom stereocenters. The number of aryl methyl sites for hydroxylation is 1. The molecule has 2 N–H and O–H groups in total. The molecule has 2 aliphatic rings. The number of pyridine rings is 1. The van der Waals surface area contributed by atoms with E-state index in [1.165, 1.54) is 9.47 Å². The zero-order chi connectivity index (χ0) is 25.7. The van der Waals surface area contributed by atoms with E-state index in [9.17, 15) is 19.5 Å². The van der Waals surface area contributed by atoms with Gasteiger partial charge in [-0.2, -0.15) is 0 Å². The highest BCUT2D eigenvalue weighted by molar-refractivity contribution is 5.94. The van der Waals surface area contributed by atoms with Crippen LogP contribution in [0, 0.1) is 17.6 Å². The minimum absolute atomic E-state index is 0.0883. The molecule has 4 rings (SSSR count). The average Bonchev–Trinajstić information content (AvgIpc) is 3.29. The lowest BCUT2D eigenvalue weighted by Crippen LogP contribution is -2.49. The van der Waals surface area contributed by atoms with Gasteiger partial charge < -0.3 is 29.4 Å². The van der Waals surface area contributed by atoms with Crippen molar-refractivity contribution in [1.82, 2.24) is 9.88 Å². The van der Waals surface area contributed by atoms with Crippen LogP contribution in [-0.4, -0.2) is 59.2 Å². The van der Waals surface area contributed by atoms with Gasteiger partial charge in [-0.05, 0) is 40.2 Å². The van der Waals surface area contributed by atoms with Crippen molar-refractivity contribution >= 4 is 28.7 Å². The van der Waals surface area contributed by atoms with Gasteiger partial charge in [0.15, 0.2) is 5.82 Å². The molecule has 2 aromatic rings. The van der Waals surface area contributed by atoms with Crippen LogP contribution in [0.3, 0.4) is 0 Å². The molecule has 0 bridgehead atoms. The van der Waals surface area contributed by atoms with Crippen LogP contribution in [0.2, 0.25) is 0 Å². The predicted molar refractivity (Wildman–Crippen MR) is 124 cm³/mol. The van der Waals surface area contributed by atoms with Crippen molar-refractivity contribution in [1.29, 1.82) is 0 Å². The maximum Gasteiger partial charge on any atom is 0.407 e. The number of alkyl carbamates (subject to hydrolysis) is 1. The summed E-state index contributed by atoms with van der Waals surface area (Å²) in [6.45, 7) is 8.08. The summed E-state index contributed by atoms with van der Waals surface area (Å²) in [5, 5.41) is 11.7. The molecule has 9 nitrogen and oxygen atoms in total. The zero-order valence-corrected chi connectivity index (χ0v) is 20.1. The molecule has 0 spiro atoms. The molecule has 0 aliphatic carbocycles. The highest BCUT2D eigenvalue weighted by Gasteiger charge is 2.52. The third kappa shape index (κ3) is 4.44. The van der Waals surface area contributed by atoms with Gasteiger partial charge in [-0.1, -0.05) is 0 Å². The highest BCUT2D eigenvalue weighted by atomic mass is 19.1. The fourth-order valence-electron chi connectivity index (χ4n) is 5.00. The van der Waals surface area contributed by atoms with Crippen LogP contribution in [0.4, 0.5) is 19.3 Å². The number of rotatable bonds is 5. The first-order chi connectivity index (χ1) is 16.4. The average molecular weight is 494 g/mol. The number of fused-ring (bicyclic) bond motifs is 2. The summed E-state index contributed by atoms with van der Waals surface area (Å²) in [5.74, 6) is -3.46. The summed E-state index contributed by atoms with van der Waals surface area (Å²) in [7, 11) is 0. The number of halogens is 2. The summed E-state index contributed by atoms with van der Waals surface area (Å²) >= 11 is 0. The van der Waals surface area contributed by atoms with Crippen LogP contribution in [0.15, 0.2) is 17.1 Å². The van der Waals surface area contributed by atoms with Crippen molar-refractivity contribution in [3.8, 4) is 0 Å². The number of carbonyl (C=O) groups excluding carboxylic acids is 1. The number of anilines is 1. The lowest BCUT2D eigenvalue weighted by atomic mass is 9.91. The van der Waals surface area contributed by atoms with Gasteiger partial charge in [0, 0.05) is 38.4 Å². The van der Waals surface area contributed by atoms with E-state index in [2.05, 4.69) is 5.32 Å². The number of aromatic carboxylic acids is 1. The van der Waals surface area contributed by atoms with Gasteiger partial charge in [-0.25, -0.2) is 18.4 Å². The van der Waals surface area contributed by atoms with Crippen LogP contribution in [0.25, 0.3) is 10.9 Å². The van der Waals surface area contributed by atoms with E-state index in [0.717, 1.165) is 12.3 Å². The number of amides is 1. The summed E-state index contributed by atoms with van der Waals surface area (Å²) in [4.78, 5) is 37.8. The van der Waals surface area contributed by atoms with Gasteiger partial charge in [-0.15, -0.1) is 0 Å². The molecule has 35 heavy (non-hydrogen) atoms. The number of carboxylic acid groups (broad SMARTS) is 1. The van der Waals surface area contributed by atoms with E-state index < -0.39 is 45.9 Å². The Kier molecular flexibility index (Phi) is 6.25. The van der Waals surface area contributed by atoms with Crippen LogP contribution < -0.4 is 15.6 Å². The number of nitrogens with zero attached hydrogens (tertiary/aromatic N) is 2. The summed E-state index contributed by atoms with van der Waals surface area (Å²) in [5.41, 5.74) is -3.48. The lowest BCUT2D eigenvalue weighted by molar-refractivity contribution is -0.000290. The Morgan fingerprint density at radius 1 is 1.34 bits per heavy atom. The molecule has 2 saturated heterocycles. The molecule has 190 valence electrons. The van der Waals surface area contributed by atoms with Crippen molar-refractivity contribution in [2.24, 2.45) is 5.92 Å². The molecule has 1 aromatic carbocycles. The van der Waals surface area contributed by atoms with E-state index in [4.69, 9.17) is 9.47 Å². The van der Waals surface area contributed by atoms with Crippen molar-refractivity contribution in [3.05, 3.63) is 39.7 Å². The number of ether oxygens (including phenoxy) is 2. The maximum atomic E-state index is 15.8. The minimum Gasteiger partial charge on any atom is -0.477 e. The van der Waals surface area contributed by atoms with E-state index in [1.807, 2.05) is 0 Å². The van der Waals surface area contributed by atoms with E-state index >= 15 is 8.78 Å². The zero-order valence-electron chi connectivity index (χ0n) is 20.1. The largest absolute Gasteiger partial charge is 0.477 e. The molecule has 2 fully saturated rings. The maximum absolute atomic E-state index is 15.8. The van der Waals surface area contributed by atoms with Gasteiger partial charge in [0.1, 0.15) is 28.3 Å². The van der Waals surface area contributed by atoms with Gasteiger partial charge in [0.05, 0.1) is 17.4 Å². The molecule has 3 heterocycles. The number of hydrogen-bond donors (Lipinski definition) is 2. The molecule has 2 atom stereocenters. The third-order valence-electron chi connectivity index (χ3n) is 6.55. The molecular formula is C24H29F2N3O6. The first kappa shape index (κ1) is 24.9. The number of hydrogen-bond acceptors (Lipinski definition) is 6. The van der Waals surface area contributed by atoms with Gasteiger partial charge in [0.2, 0.25) is 5.43 Å². The van der Waals surface area contributed by atoms with E-state index in [1.54, 1.807) is 27.7 Å². The van der Waals surface area contributed by atoms with Gasteiger partial charge >= 0.3 is 12.1 Å². The van der Waals surface area contributed by atoms with Crippen molar-refractivity contribution < 1.29 is 33.0 Å². The summed E-state index contributed by atoms with van der Waals surface area (Å²) in [6.07, 6.45) is 1.13. The highest BCUT2D eigenvalue weighted by Crippen LogP contribution is 2.42. The molecule has 1 amide bonds. The van der Waals surface area contributed by atoms with Crippen molar-refractivity contribution in [2.45, 2.75) is 51.9 Å². The fourth-order valence-corrected chi connectivity index (χ4v) is 5.00. The monoisotopic (exact) mass is 493 g/mol. The first-order valence-corrected chi connectivity index (χ1v) is 11.5. The Labute approximate surface area is 200 Å². The molecule has 0 radical (unpaired) electrons. The first-order valence-electron chi connectivity index (χ1n) is 11.5. The van der Waals surface area contributed by atoms with Crippen LogP contribution in [0.5, 0.6) is 0 Å². The number of carboxylic acids is 1. The molecule has 11 heteroatoms. The molecular weight excluding hydrogens is 464 g/mol. The summed E-state index contributed by atoms with van der Waals surface area (Å²) < 4.78 is 43.7. The van der Waals surface area contributed by atoms with Gasteiger partial charge in [0.25, 0.3) is 0 Å². The Bertz CT molecular complexity index is 1250. The number of carbonyl (C=O) groups is 2. The van der Waals surface area contributed by atoms with Crippen molar-refractivity contribution in [2.75, 3.05) is 31.1 Å². The quantitative estimate of drug-likeness (QED) is 0.659. The number of benzene rings is 1. The smallest absolute Gasteiger partial charge is 0.407 e. The number of aromatic nitrogens is 1. The van der Waals surface area contributed by atoms with Crippen molar-refractivity contribution in [3.63, 3.8) is 0 Å². The van der Waals surface area contributed by atoms with Crippen LogP contribution in [0.1, 0.15) is 44.5 Å². The predicted octanol–water partition coefficient (Wildman–Crippen LogP) is 3.12. The Morgan fingerprint density at radius 3 is 2.69 bits per heavy atom. The Hall–Kier alpha value is -3.21. The van der Waals surface area contributed by atoms with E-state index in [0.29, 0.717) is 19.6 Å². The topological polar surface area (TPSA) is 110 Å². The molecule has 1 aromatic heterocycles. The second kappa shape index (κ2) is 8.78. The normalized spacial score (nSPS) is 21.9. The van der Waals surface area contributed by atoms with Gasteiger partial charge in [-0.3, -0.25) is 4.79 Å². The fraction of sp³-hybridized carbons (Fsp3) is 0.542. The van der Waals surface area contributed by atoms with E-state index in [-0.39, 0.29) is 42.1 Å². The van der Waals surface area contributed by atoms with Crippen LogP contribution >= 0.6 is 0 Å². The Morgan fingerprint density at radius 2 is 2.06 bits per heavy atom. The standard InChI is InChI=1S/C24H29F2N3O6/c1-5-28-10-15(21(31)32)20(30)14-8-16(25)19(17(26)18(14)28)29-9-13-6-7-34-24(13,12-29)11-27-22(33)35-23(2,3)4/h8,10,13H,5-7,9,11-12H2,1-4H3,(H,27,33)(H,31,32). The minimum atomic E-state index is -1.46. The number of nitrogens with one attached hydrogen (secondary N) is 1. The van der Waals surface area contributed by atoms with Crippen LogP contribution in [-0.2, 0) is 16.0 Å². The molecule has 0 saturated carbocycles. The second-order valence-electron chi connectivity index (χ2n) is 10.0. The SMILES string of the molecule is CCn1cc(C(=O)O)c(=O)c2cc(F)c(N3CC4CCOC4(CNC(=O)OC(C)(C)C)C3)c(F)c21. The summed E-state index contributed by atoms with van der Waals surface area (Å²) in [6, 6.07) is 0.898.